The van der Waals surface area contributed by atoms with Crippen LogP contribution in [-0.2, 0) is 4.79 Å². The zero-order valence-corrected chi connectivity index (χ0v) is 8.97. The van der Waals surface area contributed by atoms with Gasteiger partial charge < -0.3 is 5.32 Å². The molecule has 0 aromatic heterocycles. The van der Waals surface area contributed by atoms with Gasteiger partial charge in [0.15, 0.2) is 0 Å². The van der Waals surface area contributed by atoms with Gasteiger partial charge in [-0.05, 0) is 19.8 Å². The van der Waals surface area contributed by atoms with Crippen molar-refractivity contribution in [3.05, 3.63) is 12.2 Å². The van der Waals surface area contributed by atoms with Crippen LogP contribution in [0, 0.1) is 5.92 Å². The highest BCUT2D eigenvalue weighted by Crippen LogP contribution is 2.10. The van der Waals surface area contributed by atoms with Gasteiger partial charge in [-0.25, -0.2) is 0 Å². The van der Waals surface area contributed by atoms with Crippen LogP contribution in [0.4, 0.5) is 0 Å². The van der Waals surface area contributed by atoms with Crippen LogP contribution in [0.2, 0.25) is 0 Å². The molecule has 0 rings (SSSR count). The molecule has 0 radical (unpaired) electrons. The molecule has 2 heteroatoms. The Morgan fingerprint density at radius 1 is 1.46 bits per heavy atom. The first-order valence-corrected chi connectivity index (χ1v) is 5.15. The van der Waals surface area contributed by atoms with Gasteiger partial charge in [-0.3, -0.25) is 4.79 Å². The minimum Gasteiger partial charge on any atom is -0.352 e. The van der Waals surface area contributed by atoms with Crippen LogP contribution in [0.1, 0.15) is 40.0 Å². The maximum Gasteiger partial charge on any atom is 0.223 e. The largest absolute Gasteiger partial charge is 0.352 e. The average molecular weight is 183 g/mol. The Balaban J connectivity index is 3.77. The molecule has 2 nitrogen and oxygen atoms in total. The highest BCUT2D eigenvalue weighted by atomic mass is 16.1. The SMILES string of the molecule is C/C=C/CNC(=O)C(CC)CCC. The van der Waals surface area contributed by atoms with Crippen molar-refractivity contribution in [1.29, 1.82) is 0 Å². The second-order valence-corrected chi connectivity index (χ2v) is 3.21. The molecule has 76 valence electrons. The Morgan fingerprint density at radius 2 is 2.15 bits per heavy atom. The number of hydrogen-bond donors (Lipinski definition) is 1. The van der Waals surface area contributed by atoms with Crippen LogP contribution < -0.4 is 5.32 Å². The predicted octanol–water partition coefficient (Wildman–Crippen LogP) is 2.51. The number of carbonyl (C=O) groups excluding carboxylic acids is 1. The van der Waals surface area contributed by atoms with Crippen molar-refractivity contribution in [3.8, 4) is 0 Å². The van der Waals surface area contributed by atoms with Gasteiger partial charge in [0.25, 0.3) is 0 Å². The van der Waals surface area contributed by atoms with Gasteiger partial charge in [0, 0.05) is 12.5 Å². The summed E-state index contributed by atoms with van der Waals surface area (Å²) in [6, 6.07) is 0. The maximum atomic E-state index is 11.5. The normalized spacial score (nSPS) is 13.2. The lowest BCUT2D eigenvalue weighted by Gasteiger charge is -2.12. The molecular formula is C11H21NO. The molecule has 0 aromatic carbocycles. The van der Waals surface area contributed by atoms with E-state index in [0.29, 0.717) is 6.54 Å². The van der Waals surface area contributed by atoms with E-state index in [1.165, 1.54) is 0 Å². The predicted molar refractivity (Wildman–Crippen MR) is 56.5 cm³/mol. The molecule has 0 aromatic rings. The summed E-state index contributed by atoms with van der Waals surface area (Å²) in [4.78, 5) is 11.5. The number of nitrogens with one attached hydrogen (secondary N) is 1. The van der Waals surface area contributed by atoms with Crippen LogP contribution in [0.5, 0.6) is 0 Å². The Hall–Kier alpha value is -0.790. The third-order valence-electron chi connectivity index (χ3n) is 2.13. The molecular weight excluding hydrogens is 162 g/mol. The number of carbonyl (C=O) groups is 1. The van der Waals surface area contributed by atoms with E-state index < -0.39 is 0 Å². The van der Waals surface area contributed by atoms with Crippen molar-refractivity contribution < 1.29 is 4.79 Å². The topological polar surface area (TPSA) is 29.1 Å². The Kier molecular flexibility index (Phi) is 7.36. The van der Waals surface area contributed by atoms with Crippen molar-refractivity contribution in [2.45, 2.75) is 40.0 Å². The average Bonchev–Trinajstić information content (AvgIpc) is 2.14. The molecule has 0 saturated heterocycles. The zero-order chi connectivity index (χ0) is 10.1. The van der Waals surface area contributed by atoms with E-state index in [4.69, 9.17) is 0 Å². The fraction of sp³-hybridized carbons (Fsp3) is 0.727. The summed E-state index contributed by atoms with van der Waals surface area (Å²) in [7, 11) is 0. The van der Waals surface area contributed by atoms with Gasteiger partial charge in [0.05, 0.1) is 0 Å². The summed E-state index contributed by atoms with van der Waals surface area (Å²) in [5.41, 5.74) is 0. The van der Waals surface area contributed by atoms with Crippen molar-refractivity contribution >= 4 is 5.91 Å². The third kappa shape index (κ3) is 5.45. The fourth-order valence-electron chi connectivity index (χ4n) is 1.29. The van der Waals surface area contributed by atoms with E-state index in [1.807, 2.05) is 19.1 Å². The summed E-state index contributed by atoms with van der Waals surface area (Å²) >= 11 is 0. The quantitative estimate of drug-likeness (QED) is 0.630. The molecule has 1 amide bonds. The van der Waals surface area contributed by atoms with Crippen molar-refractivity contribution in [2.24, 2.45) is 5.92 Å². The summed E-state index contributed by atoms with van der Waals surface area (Å²) in [6.07, 6.45) is 6.92. The molecule has 0 spiro atoms. The number of rotatable bonds is 6. The van der Waals surface area contributed by atoms with Crippen molar-refractivity contribution in [2.75, 3.05) is 6.54 Å². The lowest BCUT2D eigenvalue weighted by atomic mass is 10.00. The zero-order valence-electron chi connectivity index (χ0n) is 8.97. The van der Waals surface area contributed by atoms with Crippen LogP contribution in [0.25, 0.3) is 0 Å². The first-order valence-electron chi connectivity index (χ1n) is 5.15. The lowest BCUT2D eigenvalue weighted by molar-refractivity contribution is -0.125. The molecule has 0 heterocycles. The Bertz CT molecular complexity index is 163. The van der Waals surface area contributed by atoms with Crippen LogP contribution in [0.15, 0.2) is 12.2 Å². The van der Waals surface area contributed by atoms with E-state index in [9.17, 15) is 4.79 Å². The molecule has 0 aliphatic heterocycles. The highest BCUT2D eigenvalue weighted by molar-refractivity contribution is 5.78. The summed E-state index contributed by atoms with van der Waals surface area (Å²) < 4.78 is 0. The first kappa shape index (κ1) is 12.2. The third-order valence-corrected chi connectivity index (χ3v) is 2.13. The molecule has 1 unspecified atom stereocenters. The molecule has 1 N–H and O–H groups in total. The minimum atomic E-state index is 0.197. The van der Waals surface area contributed by atoms with E-state index in [1.54, 1.807) is 0 Å². The second-order valence-electron chi connectivity index (χ2n) is 3.21. The molecule has 0 aliphatic carbocycles. The second kappa shape index (κ2) is 7.84. The molecule has 0 aliphatic rings. The molecule has 0 saturated carbocycles. The molecule has 13 heavy (non-hydrogen) atoms. The number of hydrogen-bond acceptors (Lipinski definition) is 1. The van der Waals surface area contributed by atoms with Gasteiger partial charge in [0.1, 0.15) is 0 Å². The summed E-state index contributed by atoms with van der Waals surface area (Å²) in [5.74, 6) is 0.401. The monoisotopic (exact) mass is 183 g/mol. The Labute approximate surface area is 81.4 Å². The van der Waals surface area contributed by atoms with Crippen LogP contribution in [-0.4, -0.2) is 12.5 Å². The molecule has 0 bridgehead atoms. The van der Waals surface area contributed by atoms with Gasteiger partial charge in [-0.1, -0.05) is 32.4 Å². The fourth-order valence-corrected chi connectivity index (χ4v) is 1.29. The van der Waals surface area contributed by atoms with Crippen LogP contribution in [0.3, 0.4) is 0 Å². The summed E-state index contributed by atoms with van der Waals surface area (Å²) in [5, 5.41) is 2.89. The first-order chi connectivity index (χ1) is 6.26. The number of amides is 1. The Morgan fingerprint density at radius 3 is 2.62 bits per heavy atom. The lowest BCUT2D eigenvalue weighted by Crippen LogP contribution is -2.30. The minimum absolute atomic E-state index is 0.197. The van der Waals surface area contributed by atoms with Crippen LogP contribution >= 0.6 is 0 Å². The van der Waals surface area contributed by atoms with Crippen molar-refractivity contribution in [1.82, 2.24) is 5.32 Å². The highest BCUT2D eigenvalue weighted by Gasteiger charge is 2.13. The standard InChI is InChI=1S/C11H21NO/c1-4-7-9-12-11(13)10(6-3)8-5-2/h4,7,10H,5-6,8-9H2,1-3H3,(H,12,13)/b7-4+. The summed E-state index contributed by atoms with van der Waals surface area (Å²) in [6.45, 7) is 6.79. The van der Waals surface area contributed by atoms with E-state index >= 15 is 0 Å². The van der Waals surface area contributed by atoms with E-state index in [0.717, 1.165) is 19.3 Å². The molecule has 1 atom stereocenters. The smallest absolute Gasteiger partial charge is 0.223 e. The van der Waals surface area contributed by atoms with Gasteiger partial charge in [0.2, 0.25) is 5.91 Å². The van der Waals surface area contributed by atoms with Gasteiger partial charge in [-0.2, -0.15) is 0 Å². The van der Waals surface area contributed by atoms with E-state index in [2.05, 4.69) is 19.2 Å². The number of allylic oxidation sites excluding steroid dienone is 1. The molecule has 0 fully saturated rings. The van der Waals surface area contributed by atoms with Gasteiger partial charge in [-0.15, -0.1) is 0 Å². The van der Waals surface area contributed by atoms with E-state index in [-0.39, 0.29) is 11.8 Å². The van der Waals surface area contributed by atoms with Crippen molar-refractivity contribution in [3.63, 3.8) is 0 Å². The van der Waals surface area contributed by atoms with Gasteiger partial charge >= 0.3 is 0 Å². The maximum absolute atomic E-state index is 11.5.